The summed E-state index contributed by atoms with van der Waals surface area (Å²) in [6, 6.07) is 1.87. The van der Waals surface area contributed by atoms with Crippen molar-refractivity contribution in [2.75, 3.05) is 13.1 Å². The molecule has 1 aromatic rings. The van der Waals surface area contributed by atoms with Crippen LogP contribution in [-0.2, 0) is 4.79 Å². The number of benzene rings is 1. The molecule has 5 heteroatoms. The molecule has 1 fully saturated rings. The van der Waals surface area contributed by atoms with Crippen LogP contribution in [0.1, 0.15) is 54.6 Å². The third-order valence-corrected chi connectivity index (χ3v) is 5.79. The minimum Gasteiger partial charge on any atom is -0.486 e. The molecule has 1 amide bonds. The molecule has 2 aliphatic heterocycles. The van der Waals surface area contributed by atoms with E-state index in [9.17, 15) is 9.59 Å². The summed E-state index contributed by atoms with van der Waals surface area (Å²) in [5.74, 6) is 0.917. The Kier molecular flexibility index (Phi) is 4.37. The highest BCUT2D eigenvalue weighted by Gasteiger charge is 2.44. The molecule has 0 aliphatic carbocycles. The Hall–Kier alpha value is -1.55. The number of piperidine rings is 1. The average Bonchev–Trinajstić information content (AvgIpc) is 2.52. The number of halogens is 1. The quantitative estimate of drug-likeness (QED) is 0.771. The second kappa shape index (κ2) is 6.07. The van der Waals surface area contributed by atoms with Gasteiger partial charge in [-0.3, -0.25) is 9.59 Å². The lowest BCUT2D eigenvalue weighted by Crippen LogP contribution is -2.53. The van der Waals surface area contributed by atoms with E-state index in [4.69, 9.17) is 16.3 Å². The predicted molar refractivity (Wildman–Crippen MR) is 93.9 cm³/mol. The van der Waals surface area contributed by atoms with Crippen molar-refractivity contribution in [1.82, 2.24) is 4.90 Å². The lowest BCUT2D eigenvalue weighted by Gasteiger charge is -2.44. The fraction of sp³-hybridized carbons (Fsp3) is 0.579. The van der Waals surface area contributed by atoms with Crippen LogP contribution < -0.4 is 4.74 Å². The molecule has 0 atom stereocenters. The van der Waals surface area contributed by atoms with Crippen molar-refractivity contribution >= 4 is 23.3 Å². The third-order valence-electron chi connectivity index (χ3n) is 5.21. The molecule has 4 nitrogen and oxygen atoms in total. The van der Waals surface area contributed by atoms with Crippen LogP contribution in [0.15, 0.2) is 6.07 Å². The number of nitrogens with zero attached hydrogens (tertiary/aromatic N) is 1. The number of likely N-dealkylation sites (tertiary alicyclic amines) is 1. The Labute approximate surface area is 148 Å². The smallest absolute Gasteiger partial charge is 0.225 e. The highest BCUT2D eigenvalue weighted by atomic mass is 35.5. The molecule has 130 valence electrons. The lowest BCUT2D eigenvalue weighted by atomic mass is 9.81. The molecule has 0 radical (unpaired) electrons. The molecule has 1 saturated heterocycles. The van der Waals surface area contributed by atoms with Crippen molar-refractivity contribution in [1.29, 1.82) is 0 Å². The Bertz CT molecular complexity index is 703. The van der Waals surface area contributed by atoms with Gasteiger partial charge in [0.05, 0.1) is 12.0 Å². The van der Waals surface area contributed by atoms with Crippen molar-refractivity contribution in [3.8, 4) is 5.75 Å². The van der Waals surface area contributed by atoms with Crippen LogP contribution in [0.3, 0.4) is 0 Å². The van der Waals surface area contributed by atoms with E-state index in [1.807, 2.05) is 38.7 Å². The zero-order valence-corrected chi connectivity index (χ0v) is 15.5. The van der Waals surface area contributed by atoms with Gasteiger partial charge in [0.25, 0.3) is 0 Å². The zero-order valence-electron chi connectivity index (χ0n) is 14.7. The summed E-state index contributed by atoms with van der Waals surface area (Å²) in [4.78, 5) is 26.8. The van der Waals surface area contributed by atoms with Gasteiger partial charge in [0.15, 0.2) is 5.78 Å². The molecule has 0 saturated carbocycles. The number of hydrogen-bond acceptors (Lipinski definition) is 3. The van der Waals surface area contributed by atoms with E-state index in [1.165, 1.54) is 0 Å². The first-order valence-electron chi connectivity index (χ1n) is 8.55. The Morgan fingerprint density at radius 2 is 1.92 bits per heavy atom. The van der Waals surface area contributed by atoms with Crippen LogP contribution in [0.2, 0.25) is 5.02 Å². The number of carbonyl (C=O) groups excluding carboxylic acids is 2. The second-order valence-corrected chi connectivity index (χ2v) is 7.75. The van der Waals surface area contributed by atoms with Gasteiger partial charge in [0.2, 0.25) is 5.91 Å². The summed E-state index contributed by atoms with van der Waals surface area (Å²) in [5.41, 5.74) is 1.87. The molecule has 1 aromatic carbocycles. The van der Waals surface area contributed by atoms with E-state index in [0.717, 1.165) is 11.1 Å². The number of carbonyl (C=O) groups is 2. The molecule has 24 heavy (non-hydrogen) atoms. The summed E-state index contributed by atoms with van der Waals surface area (Å²) in [6.07, 6.45) is 1.75. The van der Waals surface area contributed by atoms with E-state index in [1.54, 1.807) is 0 Å². The number of aryl methyl sites for hydroxylation is 1. The lowest BCUT2D eigenvalue weighted by molar-refractivity contribution is -0.138. The number of hydrogen-bond donors (Lipinski definition) is 0. The van der Waals surface area contributed by atoms with Gasteiger partial charge in [0, 0.05) is 36.9 Å². The van der Waals surface area contributed by atoms with Crippen LogP contribution >= 0.6 is 11.6 Å². The summed E-state index contributed by atoms with van der Waals surface area (Å²) in [7, 11) is 0. The fourth-order valence-corrected chi connectivity index (χ4v) is 3.93. The molecular weight excluding hydrogens is 326 g/mol. The summed E-state index contributed by atoms with van der Waals surface area (Å²) in [6.45, 7) is 8.92. The topological polar surface area (TPSA) is 46.6 Å². The second-order valence-electron chi connectivity index (χ2n) is 7.37. The molecular formula is C19H24ClNO3. The van der Waals surface area contributed by atoms with Crippen molar-refractivity contribution in [3.05, 3.63) is 27.8 Å². The van der Waals surface area contributed by atoms with Crippen LogP contribution in [0.5, 0.6) is 5.75 Å². The van der Waals surface area contributed by atoms with Crippen molar-refractivity contribution < 1.29 is 14.3 Å². The summed E-state index contributed by atoms with van der Waals surface area (Å²) < 4.78 is 6.32. The minimum atomic E-state index is -0.482. The van der Waals surface area contributed by atoms with Gasteiger partial charge in [-0.15, -0.1) is 0 Å². The van der Waals surface area contributed by atoms with Gasteiger partial charge in [-0.2, -0.15) is 0 Å². The predicted octanol–water partition coefficient (Wildman–Crippen LogP) is 3.94. The number of fused-ring (bicyclic) bond motifs is 1. The number of amides is 1. The molecule has 3 rings (SSSR count). The van der Waals surface area contributed by atoms with E-state index in [2.05, 4.69) is 0 Å². The van der Waals surface area contributed by atoms with Crippen LogP contribution in [0, 0.1) is 19.8 Å². The molecule has 0 N–H and O–H groups in total. The Morgan fingerprint density at radius 1 is 1.29 bits per heavy atom. The summed E-state index contributed by atoms with van der Waals surface area (Å²) in [5, 5.41) is 0.638. The largest absolute Gasteiger partial charge is 0.486 e. The summed E-state index contributed by atoms with van der Waals surface area (Å²) >= 11 is 6.29. The maximum absolute atomic E-state index is 12.7. The minimum absolute atomic E-state index is 0.00104. The van der Waals surface area contributed by atoms with Crippen molar-refractivity contribution in [3.63, 3.8) is 0 Å². The van der Waals surface area contributed by atoms with E-state index in [0.29, 0.717) is 48.7 Å². The van der Waals surface area contributed by atoms with Crippen molar-refractivity contribution in [2.24, 2.45) is 5.92 Å². The average molecular weight is 350 g/mol. The monoisotopic (exact) mass is 349 g/mol. The molecule has 2 heterocycles. The Balaban J connectivity index is 1.84. The normalized spacial score (nSPS) is 19.4. The van der Waals surface area contributed by atoms with Crippen LogP contribution in [0.4, 0.5) is 0 Å². The molecule has 1 spiro atoms. The SMILES string of the molecule is Cc1cc2c(c(C)c1Cl)C(=O)CC1(CCN(C(=O)C(C)C)CC1)O2. The molecule has 2 aliphatic rings. The number of rotatable bonds is 1. The van der Waals surface area contributed by atoms with Gasteiger partial charge in [-0.05, 0) is 31.0 Å². The molecule has 0 unspecified atom stereocenters. The Morgan fingerprint density at radius 3 is 2.50 bits per heavy atom. The van der Waals surface area contributed by atoms with Crippen LogP contribution in [0.25, 0.3) is 0 Å². The van der Waals surface area contributed by atoms with Crippen LogP contribution in [-0.4, -0.2) is 35.3 Å². The standard InChI is InChI=1S/C19H24ClNO3/c1-11(2)18(23)21-7-5-19(6-8-21)10-14(22)16-13(4)17(20)12(3)9-15(16)24-19/h9,11H,5-8,10H2,1-4H3. The van der Waals surface area contributed by atoms with Gasteiger partial charge in [-0.1, -0.05) is 25.4 Å². The first kappa shape index (κ1) is 17.3. The first-order valence-corrected chi connectivity index (χ1v) is 8.92. The number of Topliss-reactive ketones (excluding diaryl/α,β-unsaturated/α-hetero) is 1. The van der Waals surface area contributed by atoms with E-state index >= 15 is 0 Å². The first-order chi connectivity index (χ1) is 11.2. The van der Waals surface area contributed by atoms with E-state index in [-0.39, 0.29) is 17.6 Å². The number of ether oxygens (including phenoxy) is 1. The van der Waals surface area contributed by atoms with Gasteiger partial charge in [0.1, 0.15) is 11.4 Å². The van der Waals surface area contributed by atoms with Gasteiger partial charge in [-0.25, -0.2) is 0 Å². The third kappa shape index (κ3) is 2.81. The fourth-order valence-electron chi connectivity index (χ4n) is 3.78. The molecule has 0 aromatic heterocycles. The van der Waals surface area contributed by atoms with E-state index < -0.39 is 5.60 Å². The molecule has 0 bridgehead atoms. The zero-order chi connectivity index (χ0) is 17.6. The highest BCUT2D eigenvalue weighted by molar-refractivity contribution is 6.32. The van der Waals surface area contributed by atoms with Gasteiger partial charge < -0.3 is 9.64 Å². The maximum atomic E-state index is 12.7. The van der Waals surface area contributed by atoms with Crippen molar-refractivity contribution in [2.45, 2.75) is 52.6 Å². The maximum Gasteiger partial charge on any atom is 0.225 e. The number of ketones is 1. The highest BCUT2D eigenvalue weighted by Crippen LogP contribution is 2.43. The van der Waals surface area contributed by atoms with Gasteiger partial charge >= 0.3 is 0 Å².